The molecule has 26 heavy (non-hydrogen) atoms. The Kier molecular flexibility index (Phi) is 5.93. The maximum atomic E-state index is 2.27. The number of benzene rings is 3. The van der Waals surface area contributed by atoms with Crippen LogP contribution in [-0.4, -0.2) is 0 Å². The molecule has 134 valence electrons. The third kappa shape index (κ3) is 4.85. The third-order valence-corrected chi connectivity index (χ3v) is 5.13. The number of rotatable bonds is 6. The lowest BCUT2D eigenvalue weighted by atomic mass is 9.97. The predicted molar refractivity (Wildman–Crippen MR) is 113 cm³/mol. The van der Waals surface area contributed by atoms with Gasteiger partial charge in [-0.15, -0.1) is 0 Å². The van der Waals surface area contributed by atoms with E-state index in [4.69, 9.17) is 0 Å². The number of hydrogen-bond donors (Lipinski definition) is 0. The average molecular weight is 343 g/mol. The van der Waals surface area contributed by atoms with Gasteiger partial charge in [-0.05, 0) is 58.1 Å². The Morgan fingerprint density at radius 1 is 0.423 bits per heavy atom. The fourth-order valence-electron chi connectivity index (χ4n) is 3.29. The summed E-state index contributed by atoms with van der Waals surface area (Å²) in [7, 11) is 0. The first-order valence-corrected chi connectivity index (χ1v) is 9.77. The van der Waals surface area contributed by atoms with E-state index < -0.39 is 0 Å². The normalized spacial score (nSPS) is 11.3. The molecule has 0 nitrogen and oxygen atoms in total. The van der Waals surface area contributed by atoms with Crippen LogP contribution >= 0.6 is 0 Å². The van der Waals surface area contributed by atoms with Gasteiger partial charge in [0.05, 0.1) is 0 Å². The lowest BCUT2D eigenvalue weighted by Gasteiger charge is -2.09. The molecule has 0 fully saturated rings. The standard InChI is InChI=1S/C26H30/c1-19(2)25-13-9-23(10-14-25)17-21-5-7-22(8-6-21)18-24-11-15-26(16-12-24)20(3)4/h5-16,19-20H,17-18H2,1-4H3. The molecule has 0 atom stereocenters. The van der Waals surface area contributed by atoms with Gasteiger partial charge in [0, 0.05) is 0 Å². The first-order valence-electron chi connectivity index (χ1n) is 9.77. The van der Waals surface area contributed by atoms with Gasteiger partial charge in [0.1, 0.15) is 0 Å². The molecule has 0 aliphatic carbocycles. The molecular formula is C26H30. The van der Waals surface area contributed by atoms with Crippen molar-refractivity contribution in [1.29, 1.82) is 0 Å². The molecule has 0 unspecified atom stereocenters. The minimum Gasteiger partial charge on any atom is -0.0587 e. The second-order valence-corrected chi connectivity index (χ2v) is 7.96. The van der Waals surface area contributed by atoms with E-state index in [1.807, 2.05) is 0 Å². The van der Waals surface area contributed by atoms with Crippen molar-refractivity contribution in [1.82, 2.24) is 0 Å². The van der Waals surface area contributed by atoms with Crippen LogP contribution in [0.15, 0.2) is 72.8 Å². The summed E-state index contributed by atoms with van der Waals surface area (Å²) in [5.41, 5.74) is 8.33. The Balaban J connectivity index is 1.62. The number of hydrogen-bond acceptors (Lipinski definition) is 0. The highest BCUT2D eigenvalue weighted by atomic mass is 14.1. The zero-order chi connectivity index (χ0) is 18.5. The maximum absolute atomic E-state index is 2.27. The molecule has 0 heterocycles. The van der Waals surface area contributed by atoms with Crippen LogP contribution in [0.4, 0.5) is 0 Å². The van der Waals surface area contributed by atoms with E-state index in [0.717, 1.165) is 12.8 Å². The van der Waals surface area contributed by atoms with Gasteiger partial charge in [0.25, 0.3) is 0 Å². The first-order chi connectivity index (χ1) is 12.5. The summed E-state index contributed by atoms with van der Waals surface area (Å²) in [5.74, 6) is 1.19. The molecule has 0 bridgehead atoms. The Morgan fingerprint density at radius 3 is 0.885 bits per heavy atom. The van der Waals surface area contributed by atoms with Crippen LogP contribution in [0.25, 0.3) is 0 Å². The van der Waals surface area contributed by atoms with Gasteiger partial charge in [-0.2, -0.15) is 0 Å². The molecule has 3 aromatic rings. The molecule has 0 saturated heterocycles. The molecule has 0 aliphatic heterocycles. The van der Waals surface area contributed by atoms with Crippen molar-refractivity contribution in [3.05, 3.63) is 106 Å². The van der Waals surface area contributed by atoms with Crippen LogP contribution in [-0.2, 0) is 12.8 Å². The molecule has 0 spiro atoms. The summed E-state index contributed by atoms with van der Waals surface area (Å²) in [6.45, 7) is 8.96. The molecule has 0 heteroatoms. The summed E-state index contributed by atoms with van der Waals surface area (Å²) >= 11 is 0. The molecule has 0 aromatic heterocycles. The quantitative estimate of drug-likeness (QED) is 0.447. The van der Waals surface area contributed by atoms with E-state index in [-0.39, 0.29) is 0 Å². The van der Waals surface area contributed by atoms with Gasteiger partial charge >= 0.3 is 0 Å². The van der Waals surface area contributed by atoms with Crippen molar-refractivity contribution in [3.8, 4) is 0 Å². The molecule has 3 aromatic carbocycles. The van der Waals surface area contributed by atoms with Gasteiger partial charge in [-0.3, -0.25) is 0 Å². The van der Waals surface area contributed by atoms with E-state index in [1.54, 1.807) is 0 Å². The van der Waals surface area contributed by atoms with Crippen LogP contribution < -0.4 is 0 Å². The minimum absolute atomic E-state index is 0.595. The highest BCUT2D eigenvalue weighted by molar-refractivity contribution is 5.34. The summed E-state index contributed by atoms with van der Waals surface area (Å²) < 4.78 is 0. The van der Waals surface area contributed by atoms with E-state index in [1.165, 1.54) is 33.4 Å². The molecular weight excluding hydrogens is 312 g/mol. The van der Waals surface area contributed by atoms with E-state index >= 15 is 0 Å². The molecule has 0 saturated carbocycles. The Hall–Kier alpha value is -2.34. The van der Waals surface area contributed by atoms with Gasteiger partial charge in [0.2, 0.25) is 0 Å². The van der Waals surface area contributed by atoms with Crippen LogP contribution in [0.1, 0.15) is 72.9 Å². The summed E-state index contributed by atoms with van der Waals surface area (Å²) in [6.07, 6.45) is 2.00. The van der Waals surface area contributed by atoms with Crippen LogP contribution in [0.5, 0.6) is 0 Å². The second kappa shape index (κ2) is 8.36. The fourth-order valence-corrected chi connectivity index (χ4v) is 3.29. The van der Waals surface area contributed by atoms with E-state index in [9.17, 15) is 0 Å². The van der Waals surface area contributed by atoms with Crippen molar-refractivity contribution in [2.45, 2.75) is 52.4 Å². The molecule has 3 rings (SSSR count). The molecule has 0 amide bonds. The minimum atomic E-state index is 0.595. The third-order valence-electron chi connectivity index (χ3n) is 5.13. The van der Waals surface area contributed by atoms with Crippen molar-refractivity contribution in [2.24, 2.45) is 0 Å². The molecule has 0 radical (unpaired) electrons. The Morgan fingerprint density at radius 2 is 0.654 bits per heavy atom. The Bertz CT molecular complexity index is 731. The predicted octanol–water partition coefficient (Wildman–Crippen LogP) is 7.12. The van der Waals surface area contributed by atoms with Crippen molar-refractivity contribution >= 4 is 0 Å². The lowest BCUT2D eigenvalue weighted by molar-refractivity contribution is 0.865. The van der Waals surface area contributed by atoms with Gasteiger partial charge in [-0.1, -0.05) is 100 Å². The highest BCUT2D eigenvalue weighted by Crippen LogP contribution is 2.19. The van der Waals surface area contributed by atoms with Crippen LogP contribution in [0, 0.1) is 0 Å². The monoisotopic (exact) mass is 342 g/mol. The van der Waals surface area contributed by atoms with Crippen molar-refractivity contribution in [3.63, 3.8) is 0 Å². The summed E-state index contributed by atoms with van der Waals surface area (Å²) in [4.78, 5) is 0. The van der Waals surface area contributed by atoms with Gasteiger partial charge < -0.3 is 0 Å². The topological polar surface area (TPSA) is 0 Å². The zero-order valence-electron chi connectivity index (χ0n) is 16.5. The fraction of sp³-hybridized carbons (Fsp3) is 0.308. The van der Waals surface area contributed by atoms with E-state index in [0.29, 0.717) is 11.8 Å². The van der Waals surface area contributed by atoms with E-state index in [2.05, 4.69) is 100 Å². The zero-order valence-corrected chi connectivity index (χ0v) is 16.5. The van der Waals surface area contributed by atoms with Crippen molar-refractivity contribution < 1.29 is 0 Å². The van der Waals surface area contributed by atoms with Crippen molar-refractivity contribution in [2.75, 3.05) is 0 Å². The van der Waals surface area contributed by atoms with Crippen LogP contribution in [0.3, 0.4) is 0 Å². The summed E-state index contributed by atoms with van der Waals surface area (Å²) in [6, 6.07) is 27.2. The van der Waals surface area contributed by atoms with Crippen LogP contribution in [0.2, 0.25) is 0 Å². The largest absolute Gasteiger partial charge is 0.0587 e. The smallest absolute Gasteiger partial charge is 0.00258 e. The molecule has 0 aliphatic rings. The Labute approximate surface area is 158 Å². The first kappa shape index (κ1) is 18.5. The SMILES string of the molecule is CC(C)c1ccc(Cc2ccc(Cc3ccc(C(C)C)cc3)cc2)cc1. The van der Waals surface area contributed by atoms with Gasteiger partial charge in [-0.25, -0.2) is 0 Å². The maximum Gasteiger partial charge on any atom is -0.00258 e. The highest BCUT2D eigenvalue weighted by Gasteiger charge is 2.03. The summed E-state index contributed by atoms with van der Waals surface area (Å²) in [5, 5.41) is 0. The molecule has 0 N–H and O–H groups in total. The van der Waals surface area contributed by atoms with Gasteiger partial charge in [0.15, 0.2) is 0 Å². The lowest BCUT2D eigenvalue weighted by Crippen LogP contribution is -1.93. The second-order valence-electron chi connectivity index (χ2n) is 7.96. The average Bonchev–Trinajstić information content (AvgIpc) is 2.64.